The lowest BCUT2D eigenvalue weighted by Crippen LogP contribution is -2.19. The van der Waals surface area contributed by atoms with Crippen LogP contribution in [0.5, 0.6) is 0 Å². The SMILES string of the molecule is Cc1ccc(N=C2NC(=O)/C(=C\c3ccc(C(=O)O)cc3)S2)cc1Cl. The molecule has 1 heterocycles. The minimum absolute atomic E-state index is 0.198. The first kappa shape index (κ1) is 17.3. The van der Waals surface area contributed by atoms with Gasteiger partial charge in [-0.25, -0.2) is 9.79 Å². The third kappa shape index (κ3) is 4.10. The Balaban J connectivity index is 1.80. The second-order valence-electron chi connectivity index (χ2n) is 5.34. The lowest BCUT2D eigenvalue weighted by atomic mass is 10.1. The normalized spacial score (nSPS) is 17.1. The van der Waals surface area contributed by atoms with Crippen molar-refractivity contribution in [1.29, 1.82) is 0 Å². The number of amidine groups is 1. The van der Waals surface area contributed by atoms with Crippen LogP contribution in [0.4, 0.5) is 5.69 Å². The van der Waals surface area contributed by atoms with Crippen molar-refractivity contribution in [2.75, 3.05) is 0 Å². The summed E-state index contributed by atoms with van der Waals surface area (Å²) in [5.41, 5.74) is 2.55. The lowest BCUT2D eigenvalue weighted by molar-refractivity contribution is -0.115. The number of nitrogens with zero attached hydrogens (tertiary/aromatic N) is 1. The second kappa shape index (κ2) is 7.13. The van der Waals surface area contributed by atoms with E-state index < -0.39 is 5.97 Å². The summed E-state index contributed by atoms with van der Waals surface area (Å²) in [6.45, 7) is 1.90. The Bertz CT molecular complexity index is 920. The maximum atomic E-state index is 12.1. The molecule has 126 valence electrons. The highest BCUT2D eigenvalue weighted by Crippen LogP contribution is 2.29. The first-order valence-corrected chi connectivity index (χ1v) is 8.51. The van der Waals surface area contributed by atoms with Gasteiger partial charge in [0.2, 0.25) is 0 Å². The monoisotopic (exact) mass is 372 g/mol. The molecule has 2 N–H and O–H groups in total. The molecule has 2 aromatic carbocycles. The van der Waals surface area contributed by atoms with Crippen molar-refractivity contribution in [3.05, 3.63) is 69.1 Å². The molecule has 0 unspecified atom stereocenters. The van der Waals surface area contributed by atoms with E-state index in [1.807, 2.05) is 19.1 Å². The van der Waals surface area contributed by atoms with E-state index in [0.29, 0.717) is 20.8 Å². The Morgan fingerprint density at radius 2 is 1.96 bits per heavy atom. The Morgan fingerprint density at radius 3 is 2.60 bits per heavy atom. The lowest BCUT2D eigenvalue weighted by Gasteiger charge is -2.00. The summed E-state index contributed by atoms with van der Waals surface area (Å²) < 4.78 is 0. The molecule has 1 amide bonds. The molecule has 3 rings (SSSR count). The number of carboxylic acid groups (broad SMARTS) is 1. The number of amides is 1. The highest BCUT2D eigenvalue weighted by molar-refractivity contribution is 8.18. The third-order valence-electron chi connectivity index (χ3n) is 3.49. The molecule has 5 nitrogen and oxygen atoms in total. The van der Waals surface area contributed by atoms with E-state index in [-0.39, 0.29) is 11.5 Å². The van der Waals surface area contributed by atoms with Crippen molar-refractivity contribution in [1.82, 2.24) is 5.32 Å². The fourth-order valence-corrected chi connectivity index (χ4v) is 3.14. The predicted octanol–water partition coefficient (Wildman–Crippen LogP) is 4.24. The summed E-state index contributed by atoms with van der Waals surface area (Å²) in [6.07, 6.45) is 1.69. The van der Waals surface area contributed by atoms with Gasteiger partial charge in [0, 0.05) is 5.02 Å². The van der Waals surface area contributed by atoms with Gasteiger partial charge in [-0.1, -0.05) is 29.8 Å². The molecule has 0 atom stereocenters. The van der Waals surface area contributed by atoms with Gasteiger partial charge in [0.25, 0.3) is 5.91 Å². The van der Waals surface area contributed by atoms with Crippen molar-refractivity contribution in [3.8, 4) is 0 Å². The van der Waals surface area contributed by atoms with Crippen molar-refractivity contribution in [2.45, 2.75) is 6.92 Å². The van der Waals surface area contributed by atoms with Crippen LogP contribution in [0.15, 0.2) is 52.4 Å². The van der Waals surface area contributed by atoms with Gasteiger partial charge in [0.15, 0.2) is 5.17 Å². The summed E-state index contributed by atoms with van der Waals surface area (Å²) in [4.78, 5) is 27.8. The van der Waals surface area contributed by atoms with Crippen LogP contribution in [0, 0.1) is 6.92 Å². The Kier molecular flexibility index (Phi) is 4.92. The average Bonchev–Trinajstić information content (AvgIpc) is 2.91. The van der Waals surface area contributed by atoms with Crippen LogP contribution in [0.25, 0.3) is 6.08 Å². The van der Waals surface area contributed by atoms with E-state index in [2.05, 4.69) is 10.3 Å². The zero-order valence-corrected chi connectivity index (χ0v) is 14.7. The molecule has 0 aromatic heterocycles. The molecule has 1 fully saturated rings. The van der Waals surface area contributed by atoms with Gasteiger partial charge in [0.1, 0.15) is 0 Å². The maximum absolute atomic E-state index is 12.1. The molecule has 7 heteroatoms. The summed E-state index contributed by atoms with van der Waals surface area (Å²) in [5, 5.41) is 12.7. The van der Waals surface area contributed by atoms with E-state index in [9.17, 15) is 9.59 Å². The number of aliphatic imine (C=N–C) groups is 1. The Labute approximate surface area is 153 Å². The second-order valence-corrected chi connectivity index (χ2v) is 6.78. The number of benzene rings is 2. The van der Waals surface area contributed by atoms with Gasteiger partial charge in [-0.2, -0.15) is 0 Å². The highest BCUT2D eigenvalue weighted by atomic mass is 35.5. The van der Waals surface area contributed by atoms with Gasteiger partial charge in [-0.15, -0.1) is 0 Å². The van der Waals surface area contributed by atoms with Crippen LogP contribution in [-0.4, -0.2) is 22.2 Å². The number of carboxylic acids is 1. The van der Waals surface area contributed by atoms with Gasteiger partial charge in [0.05, 0.1) is 16.2 Å². The van der Waals surface area contributed by atoms with Crippen LogP contribution in [0.3, 0.4) is 0 Å². The number of rotatable bonds is 3. The summed E-state index contributed by atoms with van der Waals surface area (Å²) in [6, 6.07) is 11.7. The minimum atomic E-state index is -0.988. The topological polar surface area (TPSA) is 78.8 Å². The molecule has 0 saturated carbocycles. The average molecular weight is 373 g/mol. The van der Waals surface area contributed by atoms with Gasteiger partial charge < -0.3 is 10.4 Å². The molecular formula is C18H13ClN2O3S. The summed E-state index contributed by atoms with van der Waals surface area (Å²) >= 11 is 7.30. The van der Waals surface area contributed by atoms with Gasteiger partial charge in [-0.05, 0) is 60.2 Å². The molecule has 1 saturated heterocycles. The number of carbonyl (C=O) groups excluding carboxylic acids is 1. The van der Waals surface area contributed by atoms with Gasteiger partial charge in [-0.3, -0.25) is 4.79 Å². The highest BCUT2D eigenvalue weighted by Gasteiger charge is 2.23. The van der Waals surface area contributed by atoms with Gasteiger partial charge >= 0.3 is 5.97 Å². The first-order valence-electron chi connectivity index (χ1n) is 7.31. The molecule has 1 aliphatic heterocycles. The Hall–Kier alpha value is -2.57. The number of nitrogens with one attached hydrogen (secondary N) is 1. The van der Waals surface area contributed by atoms with Crippen LogP contribution < -0.4 is 5.32 Å². The van der Waals surface area contributed by atoms with Crippen molar-refractivity contribution in [2.24, 2.45) is 4.99 Å². The van der Waals surface area contributed by atoms with E-state index in [1.54, 1.807) is 24.3 Å². The van der Waals surface area contributed by atoms with Crippen molar-refractivity contribution in [3.63, 3.8) is 0 Å². The van der Waals surface area contributed by atoms with E-state index in [0.717, 1.165) is 11.1 Å². The van der Waals surface area contributed by atoms with Crippen LogP contribution in [0.2, 0.25) is 5.02 Å². The molecule has 0 aliphatic carbocycles. The number of aryl methyl sites for hydroxylation is 1. The van der Waals surface area contributed by atoms with E-state index >= 15 is 0 Å². The standard InChI is InChI=1S/C18H13ClN2O3S/c1-10-2-7-13(9-14(10)19)20-18-21-16(22)15(25-18)8-11-3-5-12(6-4-11)17(23)24/h2-9H,1H3,(H,23,24)(H,20,21,22)/b15-8+. The minimum Gasteiger partial charge on any atom is -0.478 e. The quantitative estimate of drug-likeness (QED) is 0.790. The largest absolute Gasteiger partial charge is 0.478 e. The predicted molar refractivity (Wildman–Crippen MR) is 100 cm³/mol. The summed E-state index contributed by atoms with van der Waals surface area (Å²) in [7, 11) is 0. The van der Waals surface area contributed by atoms with Crippen LogP contribution in [-0.2, 0) is 4.79 Å². The number of halogens is 1. The molecule has 0 radical (unpaired) electrons. The molecule has 1 aliphatic rings. The zero-order chi connectivity index (χ0) is 18.0. The zero-order valence-electron chi connectivity index (χ0n) is 13.1. The smallest absolute Gasteiger partial charge is 0.335 e. The number of aromatic carboxylic acids is 1. The fourth-order valence-electron chi connectivity index (χ4n) is 2.12. The van der Waals surface area contributed by atoms with Crippen molar-refractivity contribution < 1.29 is 14.7 Å². The number of carbonyl (C=O) groups is 2. The molecule has 2 aromatic rings. The third-order valence-corrected chi connectivity index (χ3v) is 4.81. The maximum Gasteiger partial charge on any atom is 0.335 e. The van der Waals surface area contributed by atoms with Crippen LogP contribution >= 0.6 is 23.4 Å². The fraction of sp³-hybridized carbons (Fsp3) is 0.0556. The molecule has 0 bridgehead atoms. The molecular weight excluding hydrogens is 360 g/mol. The molecule has 25 heavy (non-hydrogen) atoms. The van der Waals surface area contributed by atoms with E-state index in [4.69, 9.17) is 16.7 Å². The van der Waals surface area contributed by atoms with E-state index in [1.165, 1.54) is 23.9 Å². The Morgan fingerprint density at radius 1 is 1.24 bits per heavy atom. The van der Waals surface area contributed by atoms with Crippen molar-refractivity contribution >= 4 is 52.2 Å². The molecule has 0 spiro atoms. The summed E-state index contributed by atoms with van der Waals surface area (Å²) in [5.74, 6) is -1.23. The number of hydrogen-bond acceptors (Lipinski definition) is 4. The van der Waals surface area contributed by atoms with Crippen LogP contribution in [0.1, 0.15) is 21.5 Å². The number of thioether (sulfide) groups is 1. The number of hydrogen-bond donors (Lipinski definition) is 2. The first-order chi connectivity index (χ1) is 11.9.